The van der Waals surface area contributed by atoms with Gasteiger partial charge in [0.05, 0.1) is 11.4 Å². The smallest absolute Gasteiger partial charge is 0.322 e. The molecule has 2 aromatic carbocycles. The van der Waals surface area contributed by atoms with Crippen molar-refractivity contribution in [1.29, 1.82) is 0 Å². The van der Waals surface area contributed by atoms with Crippen molar-refractivity contribution < 1.29 is 24.0 Å². The standard InChI is InChI=1S/C23H23N5O5/c1-23(21(32)26-22(33)27-23)15-6-4-5-14(11-15)12-24-18(29)9-10-20(31)28-13-19(30)25-16-7-2-3-8-17(16)28/h2-8,11H,9-10,12-13H2,1H3,(H,24,29)(H,25,30)(H2,26,27,32,33). The molecular weight excluding hydrogens is 426 g/mol. The van der Waals surface area contributed by atoms with Gasteiger partial charge in [-0.3, -0.25) is 24.5 Å². The third kappa shape index (κ3) is 4.54. The fourth-order valence-corrected chi connectivity index (χ4v) is 3.84. The van der Waals surface area contributed by atoms with Gasteiger partial charge in [0.1, 0.15) is 12.1 Å². The summed E-state index contributed by atoms with van der Waals surface area (Å²) in [5.41, 5.74) is 1.32. The van der Waals surface area contributed by atoms with E-state index >= 15 is 0 Å². The summed E-state index contributed by atoms with van der Waals surface area (Å²) in [6, 6.07) is 13.4. The molecule has 0 saturated carbocycles. The van der Waals surface area contributed by atoms with Gasteiger partial charge in [0.25, 0.3) is 5.91 Å². The first kappa shape index (κ1) is 22.0. The van der Waals surface area contributed by atoms with Gasteiger partial charge in [-0.05, 0) is 30.2 Å². The number of fused-ring (bicyclic) bond motifs is 1. The summed E-state index contributed by atoms with van der Waals surface area (Å²) in [7, 11) is 0. The summed E-state index contributed by atoms with van der Waals surface area (Å²) in [5, 5.41) is 10.3. The van der Waals surface area contributed by atoms with Crippen molar-refractivity contribution in [3.8, 4) is 0 Å². The Kier molecular flexibility index (Phi) is 5.82. The number of urea groups is 1. The fourth-order valence-electron chi connectivity index (χ4n) is 3.84. The number of carbonyl (C=O) groups excluding carboxylic acids is 5. The Morgan fingerprint density at radius 2 is 1.82 bits per heavy atom. The molecule has 0 bridgehead atoms. The Morgan fingerprint density at radius 3 is 2.58 bits per heavy atom. The van der Waals surface area contributed by atoms with Crippen molar-refractivity contribution in [3.05, 3.63) is 59.7 Å². The van der Waals surface area contributed by atoms with Crippen LogP contribution in [0.4, 0.5) is 16.2 Å². The Balaban J connectivity index is 1.33. The second-order valence-corrected chi connectivity index (χ2v) is 8.06. The van der Waals surface area contributed by atoms with Crippen LogP contribution < -0.4 is 26.2 Å². The third-order valence-electron chi connectivity index (χ3n) is 5.68. The highest BCUT2D eigenvalue weighted by Crippen LogP contribution is 2.29. The molecule has 10 heteroatoms. The van der Waals surface area contributed by atoms with Crippen LogP contribution in [-0.2, 0) is 31.3 Å². The van der Waals surface area contributed by atoms with Crippen LogP contribution in [0.2, 0.25) is 0 Å². The topological polar surface area (TPSA) is 137 Å². The lowest BCUT2D eigenvalue weighted by molar-refractivity contribution is -0.125. The molecule has 4 rings (SSSR count). The minimum atomic E-state index is -1.18. The van der Waals surface area contributed by atoms with E-state index in [4.69, 9.17) is 0 Å². The van der Waals surface area contributed by atoms with Gasteiger partial charge in [-0.25, -0.2) is 4.79 Å². The van der Waals surface area contributed by atoms with Crippen LogP contribution in [0, 0.1) is 0 Å². The molecule has 10 nitrogen and oxygen atoms in total. The Labute approximate surface area is 189 Å². The van der Waals surface area contributed by atoms with Crippen LogP contribution in [0.1, 0.15) is 30.9 Å². The lowest BCUT2D eigenvalue weighted by atomic mass is 9.91. The van der Waals surface area contributed by atoms with E-state index in [2.05, 4.69) is 21.3 Å². The largest absolute Gasteiger partial charge is 0.352 e. The number of para-hydroxylation sites is 2. The zero-order chi connectivity index (χ0) is 23.6. The van der Waals surface area contributed by atoms with Crippen LogP contribution in [0.5, 0.6) is 0 Å². The van der Waals surface area contributed by atoms with Gasteiger partial charge in [0.2, 0.25) is 17.7 Å². The molecule has 33 heavy (non-hydrogen) atoms. The zero-order valence-electron chi connectivity index (χ0n) is 17.9. The minimum absolute atomic E-state index is 0.0327. The van der Waals surface area contributed by atoms with Crippen molar-refractivity contribution in [2.75, 3.05) is 16.8 Å². The van der Waals surface area contributed by atoms with Crippen LogP contribution in [-0.4, -0.2) is 36.2 Å². The van der Waals surface area contributed by atoms with Crippen molar-refractivity contribution in [1.82, 2.24) is 16.0 Å². The predicted octanol–water partition coefficient (Wildman–Crippen LogP) is 1.12. The lowest BCUT2D eigenvalue weighted by Gasteiger charge is -2.29. The van der Waals surface area contributed by atoms with Gasteiger partial charge in [0.15, 0.2) is 0 Å². The van der Waals surface area contributed by atoms with Crippen LogP contribution in [0.15, 0.2) is 48.5 Å². The van der Waals surface area contributed by atoms with Gasteiger partial charge in [-0.1, -0.05) is 36.4 Å². The number of carbonyl (C=O) groups is 5. The van der Waals surface area contributed by atoms with E-state index in [0.717, 1.165) is 5.56 Å². The van der Waals surface area contributed by atoms with Crippen molar-refractivity contribution in [3.63, 3.8) is 0 Å². The van der Waals surface area contributed by atoms with E-state index in [0.29, 0.717) is 16.9 Å². The number of nitrogens with one attached hydrogen (secondary N) is 4. The molecule has 0 aromatic heterocycles. The quantitative estimate of drug-likeness (QED) is 0.490. The van der Waals surface area contributed by atoms with Gasteiger partial charge in [-0.2, -0.15) is 0 Å². The van der Waals surface area contributed by atoms with Gasteiger partial charge in [-0.15, -0.1) is 0 Å². The number of anilines is 2. The fraction of sp³-hybridized carbons (Fsp3) is 0.261. The monoisotopic (exact) mass is 449 g/mol. The van der Waals surface area contributed by atoms with E-state index in [1.165, 1.54) is 4.90 Å². The molecule has 0 spiro atoms. The Bertz CT molecular complexity index is 1160. The van der Waals surface area contributed by atoms with Crippen LogP contribution >= 0.6 is 0 Å². The molecule has 2 aliphatic rings. The first-order valence-corrected chi connectivity index (χ1v) is 10.5. The summed E-state index contributed by atoms with van der Waals surface area (Å²) in [4.78, 5) is 61.9. The number of nitrogens with zero attached hydrogens (tertiary/aromatic N) is 1. The SMILES string of the molecule is CC1(c2cccc(CNC(=O)CCC(=O)N3CC(=O)Nc4ccccc43)c2)NC(=O)NC1=O. The molecule has 1 atom stereocenters. The maximum Gasteiger partial charge on any atom is 0.322 e. The second kappa shape index (κ2) is 8.73. The normalized spacial score (nSPS) is 19.3. The molecule has 0 aliphatic carbocycles. The number of hydrogen-bond acceptors (Lipinski definition) is 5. The third-order valence-corrected chi connectivity index (χ3v) is 5.68. The van der Waals surface area contributed by atoms with Gasteiger partial charge < -0.3 is 20.9 Å². The van der Waals surface area contributed by atoms with E-state index in [1.54, 1.807) is 55.5 Å². The van der Waals surface area contributed by atoms with Crippen LogP contribution in [0.25, 0.3) is 0 Å². The lowest BCUT2D eigenvalue weighted by Crippen LogP contribution is -2.42. The molecule has 2 aromatic rings. The highest BCUT2D eigenvalue weighted by molar-refractivity contribution is 6.10. The number of imide groups is 1. The number of benzene rings is 2. The molecule has 2 heterocycles. The maximum absolute atomic E-state index is 12.7. The van der Waals surface area contributed by atoms with Crippen molar-refractivity contribution >= 4 is 41.0 Å². The summed E-state index contributed by atoms with van der Waals surface area (Å²) in [6.45, 7) is 1.71. The number of rotatable bonds is 6. The van der Waals surface area contributed by atoms with Crippen molar-refractivity contribution in [2.24, 2.45) is 0 Å². The maximum atomic E-state index is 12.7. The zero-order valence-corrected chi connectivity index (χ0v) is 17.9. The molecule has 1 unspecified atom stereocenters. The Morgan fingerprint density at radius 1 is 1.03 bits per heavy atom. The number of hydrogen-bond donors (Lipinski definition) is 4. The summed E-state index contributed by atoms with van der Waals surface area (Å²) in [5.74, 6) is -1.36. The molecule has 1 fully saturated rings. The highest BCUT2D eigenvalue weighted by atomic mass is 16.2. The minimum Gasteiger partial charge on any atom is -0.352 e. The van der Waals surface area contributed by atoms with E-state index < -0.39 is 17.5 Å². The van der Waals surface area contributed by atoms with Gasteiger partial charge in [0, 0.05) is 19.4 Å². The molecule has 6 amide bonds. The number of amides is 6. The average Bonchev–Trinajstić information content (AvgIpc) is 3.07. The van der Waals surface area contributed by atoms with E-state index in [-0.39, 0.29) is 43.7 Å². The summed E-state index contributed by atoms with van der Waals surface area (Å²) < 4.78 is 0. The summed E-state index contributed by atoms with van der Waals surface area (Å²) in [6.07, 6.45) is -0.0766. The van der Waals surface area contributed by atoms with Crippen LogP contribution in [0.3, 0.4) is 0 Å². The second-order valence-electron chi connectivity index (χ2n) is 8.06. The van der Waals surface area contributed by atoms with E-state index in [1.807, 2.05) is 0 Å². The average molecular weight is 449 g/mol. The predicted molar refractivity (Wildman–Crippen MR) is 119 cm³/mol. The summed E-state index contributed by atoms with van der Waals surface area (Å²) >= 11 is 0. The molecule has 170 valence electrons. The molecular formula is C23H23N5O5. The molecule has 4 N–H and O–H groups in total. The molecule has 0 radical (unpaired) electrons. The molecule has 2 aliphatic heterocycles. The molecule has 1 saturated heterocycles. The first-order chi connectivity index (χ1) is 15.8. The first-order valence-electron chi connectivity index (χ1n) is 10.5. The van der Waals surface area contributed by atoms with E-state index in [9.17, 15) is 24.0 Å². The van der Waals surface area contributed by atoms with Gasteiger partial charge >= 0.3 is 6.03 Å². The Hall–Kier alpha value is -4.21. The highest BCUT2D eigenvalue weighted by Gasteiger charge is 2.43. The van der Waals surface area contributed by atoms with Crippen molar-refractivity contribution in [2.45, 2.75) is 31.8 Å².